The lowest BCUT2D eigenvalue weighted by Gasteiger charge is -2.10. The van der Waals surface area contributed by atoms with Crippen molar-refractivity contribution >= 4 is 39.1 Å². The molecule has 0 fully saturated rings. The van der Waals surface area contributed by atoms with Gasteiger partial charge in [0.2, 0.25) is 5.75 Å². The maximum Gasteiger partial charge on any atom is 0.416 e. The third kappa shape index (κ3) is 3.86. The van der Waals surface area contributed by atoms with Gasteiger partial charge in [0.25, 0.3) is 5.56 Å². The highest BCUT2D eigenvalue weighted by atomic mass is 32.1. The molecule has 0 saturated carbocycles. The van der Waals surface area contributed by atoms with E-state index in [2.05, 4.69) is 4.98 Å². The van der Waals surface area contributed by atoms with Crippen molar-refractivity contribution in [2.75, 3.05) is 0 Å². The van der Waals surface area contributed by atoms with Gasteiger partial charge in [-0.05, 0) is 48.0 Å². The predicted octanol–water partition coefficient (Wildman–Crippen LogP) is 5.18. The van der Waals surface area contributed by atoms with Gasteiger partial charge < -0.3 is 4.74 Å². The summed E-state index contributed by atoms with van der Waals surface area (Å²) in [5, 5.41) is 11.3. The van der Waals surface area contributed by atoms with Gasteiger partial charge in [-0.25, -0.2) is 9.38 Å². The number of benzene rings is 3. The van der Waals surface area contributed by atoms with Crippen LogP contribution >= 0.6 is 11.3 Å². The number of hydrogen-bond donors (Lipinski definition) is 0. The van der Waals surface area contributed by atoms with Crippen LogP contribution in [-0.2, 0) is 6.18 Å². The van der Waals surface area contributed by atoms with Gasteiger partial charge in [-0.1, -0.05) is 35.6 Å². The van der Waals surface area contributed by atoms with Crippen molar-refractivity contribution in [3.63, 3.8) is 0 Å². The van der Waals surface area contributed by atoms with E-state index in [1.807, 2.05) is 18.2 Å². The molecule has 0 amide bonds. The summed E-state index contributed by atoms with van der Waals surface area (Å²) in [6.45, 7) is 0. The van der Waals surface area contributed by atoms with E-state index in [-0.39, 0.29) is 17.1 Å². The predicted molar refractivity (Wildman–Crippen MR) is 120 cm³/mol. The third-order valence-corrected chi connectivity index (χ3v) is 5.98. The maximum atomic E-state index is 12.9. The highest BCUT2D eigenvalue weighted by molar-refractivity contribution is 7.15. The minimum Gasteiger partial charge on any atom is -0.450 e. The number of aromatic nitrogens is 2. The molecule has 0 aliphatic heterocycles. The van der Waals surface area contributed by atoms with Gasteiger partial charge in [0.15, 0.2) is 4.96 Å². The zero-order valence-corrected chi connectivity index (χ0v) is 17.8. The van der Waals surface area contributed by atoms with Gasteiger partial charge in [-0.3, -0.25) is 14.9 Å². The number of thiazole rings is 1. The molecular formula is C23H12F3N3O4S. The lowest BCUT2D eigenvalue weighted by atomic mass is 10.1. The summed E-state index contributed by atoms with van der Waals surface area (Å²) < 4.78 is 46.2. The SMILES string of the molecule is O=c1c(=Cc2cccc(Oc3ccc(C(F)(F)F)cc3[N+](=O)[O-])c2)sc2nc3ccccc3n12. The smallest absolute Gasteiger partial charge is 0.416 e. The average Bonchev–Trinajstić information content (AvgIpc) is 3.29. The molecule has 5 rings (SSSR count). The lowest BCUT2D eigenvalue weighted by Crippen LogP contribution is -2.22. The Bertz CT molecular complexity index is 1690. The summed E-state index contributed by atoms with van der Waals surface area (Å²) >= 11 is 1.21. The van der Waals surface area contributed by atoms with Crippen molar-refractivity contribution in [1.29, 1.82) is 0 Å². The quantitative estimate of drug-likeness (QED) is 0.260. The first-order valence-electron chi connectivity index (χ1n) is 9.76. The molecule has 0 radical (unpaired) electrons. The van der Waals surface area contributed by atoms with Gasteiger partial charge in [0.1, 0.15) is 5.75 Å². The number of nitro benzene ring substituents is 1. The fourth-order valence-electron chi connectivity index (χ4n) is 3.48. The van der Waals surface area contributed by atoms with Crippen LogP contribution in [0.1, 0.15) is 11.1 Å². The first kappa shape index (κ1) is 21.6. The van der Waals surface area contributed by atoms with Crippen molar-refractivity contribution < 1.29 is 22.8 Å². The Morgan fingerprint density at radius 3 is 2.62 bits per heavy atom. The number of halogens is 3. The fourth-order valence-corrected chi connectivity index (χ4v) is 4.47. The molecule has 7 nitrogen and oxygen atoms in total. The molecule has 170 valence electrons. The van der Waals surface area contributed by atoms with E-state index in [9.17, 15) is 28.1 Å². The first-order chi connectivity index (χ1) is 16.2. The molecule has 0 atom stereocenters. The number of hydrogen-bond acceptors (Lipinski definition) is 6. The highest BCUT2D eigenvalue weighted by Gasteiger charge is 2.33. The Hall–Kier alpha value is -4.25. The molecular weight excluding hydrogens is 471 g/mol. The topological polar surface area (TPSA) is 86.7 Å². The van der Waals surface area contributed by atoms with Crippen LogP contribution in [0.4, 0.5) is 18.9 Å². The largest absolute Gasteiger partial charge is 0.450 e. The molecule has 11 heteroatoms. The Balaban J connectivity index is 1.52. The van der Waals surface area contributed by atoms with Gasteiger partial charge in [-0.15, -0.1) is 0 Å². The third-order valence-electron chi connectivity index (χ3n) is 5.01. The van der Waals surface area contributed by atoms with E-state index in [1.165, 1.54) is 27.9 Å². The highest BCUT2D eigenvalue weighted by Crippen LogP contribution is 2.38. The van der Waals surface area contributed by atoms with Crippen LogP contribution in [0.3, 0.4) is 0 Å². The van der Waals surface area contributed by atoms with Crippen molar-refractivity contribution in [2.45, 2.75) is 6.18 Å². The number of imidazole rings is 1. The van der Waals surface area contributed by atoms with Crippen LogP contribution in [0.15, 0.2) is 71.5 Å². The molecule has 0 spiro atoms. The molecule has 0 aliphatic carbocycles. The maximum absolute atomic E-state index is 12.9. The lowest BCUT2D eigenvalue weighted by molar-refractivity contribution is -0.385. The van der Waals surface area contributed by atoms with E-state index in [0.717, 1.165) is 6.07 Å². The summed E-state index contributed by atoms with van der Waals surface area (Å²) in [7, 11) is 0. The number of nitrogens with zero attached hydrogens (tertiary/aromatic N) is 3. The van der Waals surface area contributed by atoms with Gasteiger partial charge in [0, 0.05) is 6.07 Å². The van der Waals surface area contributed by atoms with Crippen LogP contribution in [0.25, 0.3) is 22.1 Å². The van der Waals surface area contributed by atoms with Crippen molar-refractivity contribution in [2.24, 2.45) is 0 Å². The zero-order chi connectivity index (χ0) is 24.0. The van der Waals surface area contributed by atoms with E-state index in [4.69, 9.17) is 4.74 Å². The van der Waals surface area contributed by atoms with Crippen LogP contribution < -0.4 is 14.8 Å². The van der Waals surface area contributed by atoms with E-state index in [1.54, 1.807) is 24.3 Å². The Morgan fingerprint density at radius 2 is 1.85 bits per heavy atom. The molecule has 0 bridgehead atoms. The molecule has 0 aliphatic rings. The minimum absolute atomic E-state index is 0.163. The molecule has 2 aromatic heterocycles. The standard InChI is InChI=1S/C23H12F3N3O4S/c24-23(25,26)14-8-9-19(18(12-14)29(31)32)33-15-5-3-4-13(10-15)11-20-21(30)28-17-7-2-1-6-16(17)27-22(28)34-20/h1-12H. The zero-order valence-electron chi connectivity index (χ0n) is 16.9. The number of alkyl halides is 3. The normalized spacial score (nSPS) is 12.5. The molecule has 3 aromatic carbocycles. The Morgan fingerprint density at radius 1 is 1.06 bits per heavy atom. The van der Waals surface area contributed by atoms with Crippen LogP contribution in [0, 0.1) is 10.1 Å². The van der Waals surface area contributed by atoms with Crippen molar-refractivity contribution in [3.8, 4) is 11.5 Å². The van der Waals surface area contributed by atoms with Crippen molar-refractivity contribution in [1.82, 2.24) is 9.38 Å². The van der Waals surface area contributed by atoms with Crippen LogP contribution in [0.2, 0.25) is 0 Å². The molecule has 34 heavy (non-hydrogen) atoms. The van der Waals surface area contributed by atoms with E-state index < -0.39 is 22.4 Å². The van der Waals surface area contributed by atoms with Crippen LogP contribution in [0.5, 0.6) is 11.5 Å². The second-order valence-electron chi connectivity index (χ2n) is 7.25. The van der Waals surface area contributed by atoms with Gasteiger partial charge in [0.05, 0.1) is 26.1 Å². The summed E-state index contributed by atoms with van der Waals surface area (Å²) in [6.07, 6.45) is -3.09. The monoisotopic (exact) mass is 483 g/mol. The second-order valence-corrected chi connectivity index (χ2v) is 8.26. The number of rotatable bonds is 4. The number of para-hydroxylation sites is 2. The summed E-state index contributed by atoms with van der Waals surface area (Å²) in [5.41, 5.74) is -0.211. The number of nitro groups is 1. The van der Waals surface area contributed by atoms with E-state index >= 15 is 0 Å². The van der Waals surface area contributed by atoms with Gasteiger partial charge >= 0.3 is 11.9 Å². The fraction of sp³-hybridized carbons (Fsp3) is 0.0435. The molecule has 5 aromatic rings. The molecule has 0 saturated heterocycles. The Labute approximate surface area is 192 Å². The number of ether oxygens (including phenoxy) is 1. The average molecular weight is 483 g/mol. The van der Waals surface area contributed by atoms with Crippen molar-refractivity contribution in [3.05, 3.63) is 103 Å². The first-order valence-corrected chi connectivity index (χ1v) is 10.6. The number of fused-ring (bicyclic) bond motifs is 3. The summed E-state index contributed by atoms with van der Waals surface area (Å²) in [5.74, 6) is -0.170. The minimum atomic E-state index is -4.72. The molecule has 2 heterocycles. The molecule has 0 N–H and O–H groups in total. The summed E-state index contributed by atoms with van der Waals surface area (Å²) in [4.78, 5) is 28.3. The summed E-state index contributed by atoms with van der Waals surface area (Å²) in [6, 6.07) is 15.7. The second kappa shape index (κ2) is 7.96. The van der Waals surface area contributed by atoms with E-state index in [0.29, 0.717) is 38.2 Å². The molecule has 0 unspecified atom stereocenters. The van der Waals surface area contributed by atoms with Crippen LogP contribution in [-0.4, -0.2) is 14.3 Å². The Kier molecular flexibility index (Phi) is 5.05. The van der Waals surface area contributed by atoms with Gasteiger partial charge in [-0.2, -0.15) is 13.2 Å².